The van der Waals surface area contributed by atoms with Gasteiger partial charge in [0, 0.05) is 6.54 Å². The van der Waals surface area contributed by atoms with Crippen LogP contribution in [0.3, 0.4) is 0 Å². The molecule has 4 nitrogen and oxygen atoms in total. The lowest BCUT2D eigenvalue weighted by atomic mass is 9.70. The number of nitrogens with one attached hydrogen (secondary N) is 1. The van der Waals surface area contributed by atoms with Crippen LogP contribution in [-0.2, 0) is 4.79 Å². The van der Waals surface area contributed by atoms with Crippen molar-refractivity contribution >= 4 is 39.1 Å². The first-order valence-electron chi connectivity index (χ1n) is 6.79. The second kappa shape index (κ2) is 6.41. The van der Waals surface area contributed by atoms with Crippen molar-refractivity contribution in [2.75, 3.05) is 11.9 Å². The first kappa shape index (κ1) is 15.7. The SMILES string of the molecule is CC1CCC(CN)(C(=O)Nc2cnc(Cl)c(Br)c2)CC1. The molecule has 0 aliphatic heterocycles. The average Bonchev–Trinajstić information content (AvgIpc) is 2.44. The highest BCUT2D eigenvalue weighted by atomic mass is 79.9. The Balaban J connectivity index is 2.11. The summed E-state index contributed by atoms with van der Waals surface area (Å²) in [6.45, 7) is 2.60. The average molecular weight is 361 g/mol. The quantitative estimate of drug-likeness (QED) is 0.809. The molecule has 1 aromatic heterocycles. The highest BCUT2D eigenvalue weighted by Gasteiger charge is 2.39. The van der Waals surface area contributed by atoms with E-state index in [0.717, 1.165) is 25.7 Å². The molecule has 1 saturated carbocycles. The van der Waals surface area contributed by atoms with E-state index in [1.54, 1.807) is 12.3 Å². The van der Waals surface area contributed by atoms with E-state index in [-0.39, 0.29) is 5.91 Å². The van der Waals surface area contributed by atoms with E-state index in [4.69, 9.17) is 17.3 Å². The van der Waals surface area contributed by atoms with Crippen LogP contribution < -0.4 is 11.1 Å². The molecular weight excluding hydrogens is 342 g/mol. The predicted molar refractivity (Wildman–Crippen MR) is 84.7 cm³/mol. The highest BCUT2D eigenvalue weighted by molar-refractivity contribution is 9.10. The smallest absolute Gasteiger partial charge is 0.231 e. The van der Waals surface area contributed by atoms with Crippen molar-refractivity contribution < 1.29 is 4.79 Å². The number of carbonyl (C=O) groups excluding carboxylic acids is 1. The molecule has 0 radical (unpaired) electrons. The summed E-state index contributed by atoms with van der Waals surface area (Å²) >= 11 is 9.15. The second-order valence-corrected chi connectivity index (χ2v) is 6.83. The molecule has 20 heavy (non-hydrogen) atoms. The Kier molecular flexibility index (Phi) is 5.04. The monoisotopic (exact) mass is 359 g/mol. The largest absolute Gasteiger partial charge is 0.329 e. The second-order valence-electron chi connectivity index (χ2n) is 5.62. The van der Waals surface area contributed by atoms with Crippen LogP contribution in [0, 0.1) is 11.3 Å². The molecule has 0 aromatic carbocycles. The maximum absolute atomic E-state index is 12.6. The van der Waals surface area contributed by atoms with Gasteiger partial charge in [0.05, 0.1) is 21.8 Å². The van der Waals surface area contributed by atoms with Crippen molar-refractivity contribution in [3.05, 3.63) is 21.9 Å². The first-order chi connectivity index (χ1) is 9.47. The molecule has 3 N–H and O–H groups in total. The van der Waals surface area contributed by atoms with Gasteiger partial charge in [0.25, 0.3) is 0 Å². The third-order valence-corrected chi connectivity index (χ3v) is 5.29. The summed E-state index contributed by atoms with van der Waals surface area (Å²) in [5.41, 5.74) is 6.08. The van der Waals surface area contributed by atoms with Gasteiger partial charge in [-0.25, -0.2) is 4.98 Å². The summed E-state index contributed by atoms with van der Waals surface area (Å²) in [4.78, 5) is 16.6. The number of rotatable bonds is 3. The number of nitrogens with two attached hydrogens (primary N) is 1. The van der Waals surface area contributed by atoms with E-state index < -0.39 is 5.41 Å². The zero-order chi connectivity index (χ0) is 14.8. The Morgan fingerprint density at radius 1 is 1.60 bits per heavy atom. The van der Waals surface area contributed by atoms with Crippen LogP contribution in [0.1, 0.15) is 32.6 Å². The molecule has 1 aliphatic carbocycles. The van der Waals surface area contributed by atoms with Crippen LogP contribution in [0.2, 0.25) is 5.15 Å². The molecule has 1 heterocycles. The minimum absolute atomic E-state index is 0.0112. The van der Waals surface area contributed by atoms with Gasteiger partial charge in [-0.2, -0.15) is 0 Å². The lowest BCUT2D eigenvalue weighted by Crippen LogP contribution is -2.44. The number of halogens is 2. The van der Waals surface area contributed by atoms with Crippen LogP contribution in [0.15, 0.2) is 16.7 Å². The summed E-state index contributed by atoms with van der Waals surface area (Å²) in [5, 5.41) is 3.29. The fourth-order valence-corrected chi connectivity index (χ4v) is 3.04. The third-order valence-electron chi connectivity index (χ3n) is 4.16. The fourth-order valence-electron chi connectivity index (χ4n) is 2.59. The molecule has 0 bridgehead atoms. The molecule has 110 valence electrons. The van der Waals surface area contributed by atoms with E-state index >= 15 is 0 Å². The van der Waals surface area contributed by atoms with Gasteiger partial charge in [0.1, 0.15) is 5.15 Å². The van der Waals surface area contributed by atoms with Crippen molar-refractivity contribution in [2.45, 2.75) is 32.6 Å². The van der Waals surface area contributed by atoms with Crippen LogP contribution >= 0.6 is 27.5 Å². The Morgan fingerprint density at radius 2 is 2.25 bits per heavy atom. The van der Waals surface area contributed by atoms with Crippen molar-refractivity contribution in [2.24, 2.45) is 17.1 Å². The molecule has 1 aliphatic rings. The predicted octanol–water partition coefficient (Wildman–Crippen LogP) is 3.59. The Labute approximate surface area is 132 Å². The summed E-state index contributed by atoms with van der Waals surface area (Å²) < 4.78 is 0.663. The van der Waals surface area contributed by atoms with Gasteiger partial charge in [0.2, 0.25) is 5.91 Å². The standard InChI is InChI=1S/C14H19BrClN3O/c1-9-2-4-14(8-17,5-3-9)13(20)19-10-6-11(15)12(16)18-7-10/h6-7,9H,2-5,8,17H2,1H3,(H,19,20). The molecule has 0 saturated heterocycles. The normalized spacial score (nSPS) is 26.3. The topological polar surface area (TPSA) is 68.0 Å². The molecule has 2 rings (SSSR count). The van der Waals surface area contributed by atoms with Crippen molar-refractivity contribution in [1.29, 1.82) is 0 Å². The summed E-state index contributed by atoms with van der Waals surface area (Å²) in [7, 11) is 0. The van der Waals surface area contributed by atoms with E-state index in [2.05, 4.69) is 33.2 Å². The van der Waals surface area contributed by atoms with Crippen molar-refractivity contribution in [3.8, 4) is 0 Å². The number of aromatic nitrogens is 1. The van der Waals surface area contributed by atoms with E-state index in [1.165, 1.54) is 0 Å². The van der Waals surface area contributed by atoms with E-state index in [0.29, 0.717) is 27.8 Å². The maximum Gasteiger partial charge on any atom is 0.231 e. The zero-order valence-electron chi connectivity index (χ0n) is 11.5. The zero-order valence-corrected chi connectivity index (χ0v) is 13.8. The lowest BCUT2D eigenvalue weighted by Gasteiger charge is -2.37. The molecular formula is C14H19BrClN3O. The molecule has 0 atom stereocenters. The minimum Gasteiger partial charge on any atom is -0.329 e. The number of hydrogen-bond acceptors (Lipinski definition) is 3. The summed E-state index contributed by atoms with van der Waals surface area (Å²) in [5.74, 6) is 0.664. The van der Waals surface area contributed by atoms with Crippen LogP contribution in [0.25, 0.3) is 0 Å². The number of amides is 1. The van der Waals surface area contributed by atoms with Gasteiger partial charge in [-0.15, -0.1) is 0 Å². The van der Waals surface area contributed by atoms with Gasteiger partial charge in [-0.1, -0.05) is 18.5 Å². The van der Waals surface area contributed by atoms with Crippen LogP contribution in [-0.4, -0.2) is 17.4 Å². The number of pyridine rings is 1. The minimum atomic E-state index is -0.446. The van der Waals surface area contributed by atoms with Gasteiger partial charge in [0.15, 0.2) is 0 Å². The number of carbonyl (C=O) groups is 1. The number of hydrogen-bond donors (Lipinski definition) is 2. The van der Waals surface area contributed by atoms with Crippen molar-refractivity contribution in [3.63, 3.8) is 0 Å². The highest BCUT2D eigenvalue weighted by Crippen LogP contribution is 2.39. The van der Waals surface area contributed by atoms with Crippen LogP contribution in [0.5, 0.6) is 0 Å². The lowest BCUT2D eigenvalue weighted by molar-refractivity contribution is -0.127. The Morgan fingerprint density at radius 3 is 2.80 bits per heavy atom. The molecule has 0 spiro atoms. The molecule has 1 amide bonds. The molecule has 0 unspecified atom stereocenters. The molecule has 6 heteroatoms. The number of anilines is 1. The third kappa shape index (κ3) is 3.32. The Bertz CT molecular complexity index is 501. The first-order valence-corrected chi connectivity index (χ1v) is 7.96. The maximum atomic E-state index is 12.6. The van der Waals surface area contributed by atoms with Gasteiger partial charge in [-0.3, -0.25) is 4.79 Å². The molecule has 1 fully saturated rings. The van der Waals surface area contributed by atoms with E-state index in [9.17, 15) is 4.79 Å². The van der Waals surface area contributed by atoms with Crippen LogP contribution in [0.4, 0.5) is 5.69 Å². The number of nitrogens with zero attached hydrogens (tertiary/aromatic N) is 1. The van der Waals surface area contributed by atoms with Crippen molar-refractivity contribution in [1.82, 2.24) is 4.98 Å². The summed E-state index contributed by atoms with van der Waals surface area (Å²) in [6.07, 6.45) is 5.35. The van der Waals surface area contributed by atoms with Gasteiger partial charge < -0.3 is 11.1 Å². The van der Waals surface area contributed by atoms with E-state index in [1.807, 2.05) is 0 Å². The fraction of sp³-hybridized carbons (Fsp3) is 0.571. The van der Waals surface area contributed by atoms with Gasteiger partial charge in [-0.05, 0) is 53.6 Å². The Hall–Kier alpha value is -0.650. The van der Waals surface area contributed by atoms with Gasteiger partial charge >= 0.3 is 0 Å². The summed E-state index contributed by atoms with van der Waals surface area (Å²) in [6, 6.07) is 1.75. The molecule has 1 aromatic rings.